The van der Waals surface area contributed by atoms with Gasteiger partial charge in [0.2, 0.25) is 11.7 Å². The number of hydrogen-bond acceptors (Lipinski definition) is 6. The molecule has 0 saturated heterocycles. The highest BCUT2D eigenvalue weighted by molar-refractivity contribution is 5.89. The number of benzene rings is 2. The summed E-state index contributed by atoms with van der Waals surface area (Å²) < 4.78 is 18.6. The summed E-state index contributed by atoms with van der Waals surface area (Å²) in [5.74, 6) is -3.64. The SMILES string of the molecule is CC(C)[C@H](NC(=O)OCc1ccccc1)C(=O)N[C@@H](Cc1ccc(F)c([N+](=O)[O-])c1)C(=O)O. The van der Waals surface area contributed by atoms with Crippen molar-refractivity contribution in [3.05, 3.63) is 75.6 Å². The number of carboxylic acid groups (broad SMARTS) is 1. The summed E-state index contributed by atoms with van der Waals surface area (Å²) in [5, 5.41) is 25.1. The minimum absolute atomic E-state index is 0.0137. The minimum Gasteiger partial charge on any atom is -0.480 e. The molecule has 0 radical (unpaired) electrons. The molecule has 0 aliphatic rings. The lowest BCUT2D eigenvalue weighted by atomic mass is 10.0. The first kappa shape index (κ1) is 25.2. The van der Waals surface area contributed by atoms with Gasteiger partial charge in [0.25, 0.3) is 0 Å². The fourth-order valence-corrected chi connectivity index (χ4v) is 2.95. The molecule has 2 atom stereocenters. The molecule has 0 unspecified atom stereocenters. The van der Waals surface area contributed by atoms with Gasteiger partial charge in [-0.25, -0.2) is 9.59 Å². The molecule has 2 aromatic rings. The molecule has 2 rings (SSSR count). The molecule has 0 aliphatic heterocycles. The van der Waals surface area contributed by atoms with E-state index in [9.17, 15) is 34.0 Å². The molecular formula is C22H24FN3O7. The van der Waals surface area contributed by atoms with Gasteiger partial charge in [-0.1, -0.05) is 50.2 Å². The molecule has 3 N–H and O–H groups in total. The molecule has 2 aromatic carbocycles. The Morgan fingerprint density at radius 3 is 2.33 bits per heavy atom. The molecule has 0 bridgehead atoms. The number of halogens is 1. The van der Waals surface area contributed by atoms with E-state index in [1.807, 2.05) is 6.07 Å². The van der Waals surface area contributed by atoms with Crippen molar-refractivity contribution < 1.29 is 33.5 Å². The quantitative estimate of drug-likeness (QED) is 0.364. The number of nitro groups is 1. The maximum atomic E-state index is 13.5. The fourth-order valence-electron chi connectivity index (χ4n) is 2.95. The molecule has 176 valence electrons. The highest BCUT2D eigenvalue weighted by Gasteiger charge is 2.29. The van der Waals surface area contributed by atoms with Crippen LogP contribution in [0.4, 0.5) is 14.9 Å². The van der Waals surface area contributed by atoms with Crippen LogP contribution in [0.15, 0.2) is 48.5 Å². The Kier molecular flexibility index (Phi) is 8.84. The van der Waals surface area contributed by atoms with Crippen LogP contribution in [0.2, 0.25) is 0 Å². The molecule has 0 spiro atoms. The molecule has 33 heavy (non-hydrogen) atoms. The third-order valence-corrected chi connectivity index (χ3v) is 4.70. The molecule has 0 heterocycles. The number of ether oxygens (including phenoxy) is 1. The van der Waals surface area contributed by atoms with Crippen LogP contribution in [0.1, 0.15) is 25.0 Å². The van der Waals surface area contributed by atoms with E-state index in [0.29, 0.717) is 0 Å². The zero-order valence-corrected chi connectivity index (χ0v) is 18.0. The van der Waals surface area contributed by atoms with Crippen molar-refractivity contribution in [2.75, 3.05) is 0 Å². The predicted octanol–water partition coefficient (Wildman–Crippen LogP) is 2.80. The fraction of sp³-hybridized carbons (Fsp3) is 0.318. The average molecular weight is 461 g/mol. The topological polar surface area (TPSA) is 148 Å². The second-order valence-electron chi connectivity index (χ2n) is 7.57. The van der Waals surface area contributed by atoms with Gasteiger partial charge in [0.15, 0.2) is 0 Å². The molecule has 0 saturated carbocycles. The van der Waals surface area contributed by atoms with Gasteiger partial charge in [0, 0.05) is 12.5 Å². The van der Waals surface area contributed by atoms with Gasteiger partial charge >= 0.3 is 17.7 Å². The van der Waals surface area contributed by atoms with Crippen LogP contribution in [0, 0.1) is 21.8 Å². The van der Waals surface area contributed by atoms with Gasteiger partial charge in [-0.05, 0) is 23.1 Å². The van der Waals surface area contributed by atoms with Gasteiger partial charge in [0.1, 0.15) is 18.7 Å². The van der Waals surface area contributed by atoms with Gasteiger partial charge in [-0.3, -0.25) is 14.9 Å². The van der Waals surface area contributed by atoms with Crippen LogP contribution in [-0.4, -0.2) is 40.1 Å². The Bertz CT molecular complexity index is 1010. The van der Waals surface area contributed by atoms with E-state index in [2.05, 4.69) is 10.6 Å². The number of carbonyl (C=O) groups excluding carboxylic acids is 2. The third kappa shape index (κ3) is 7.56. The van der Waals surface area contributed by atoms with Crippen molar-refractivity contribution in [1.82, 2.24) is 10.6 Å². The number of hydrogen-bond donors (Lipinski definition) is 3. The highest BCUT2D eigenvalue weighted by Crippen LogP contribution is 2.19. The van der Waals surface area contributed by atoms with E-state index < -0.39 is 52.4 Å². The molecule has 2 amide bonds. The number of carboxylic acids is 1. The van der Waals surface area contributed by atoms with Crippen molar-refractivity contribution in [3.63, 3.8) is 0 Å². The molecule has 0 fully saturated rings. The summed E-state index contributed by atoms with van der Waals surface area (Å²) >= 11 is 0. The van der Waals surface area contributed by atoms with E-state index >= 15 is 0 Å². The lowest BCUT2D eigenvalue weighted by molar-refractivity contribution is -0.387. The van der Waals surface area contributed by atoms with Gasteiger partial charge in [0.05, 0.1) is 4.92 Å². The van der Waals surface area contributed by atoms with E-state index in [4.69, 9.17) is 4.74 Å². The summed E-state index contributed by atoms with van der Waals surface area (Å²) in [6, 6.07) is 9.30. The zero-order valence-electron chi connectivity index (χ0n) is 18.0. The Labute approximate surface area is 188 Å². The molecule has 0 aliphatic carbocycles. The van der Waals surface area contributed by atoms with Crippen molar-refractivity contribution >= 4 is 23.7 Å². The smallest absolute Gasteiger partial charge is 0.408 e. The number of alkyl carbamates (subject to hydrolysis) is 1. The summed E-state index contributed by atoms with van der Waals surface area (Å²) in [4.78, 5) is 46.5. The molecule has 11 heteroatoms. The lowest BCUT2D eigenvalue weighted by Crippen LogP contribution is -2.54. The summed E-state index contributed by atoms with van der Waals surface area (Å²) in [7, 11) is 0. The van der Waals surface area contributed by atoms with Crippen molar-refractivity contribution in [3.8, 4) is 0 Å². The number of rotatable bonds is 10. The Hall–Kier alpha value is -4.02. The predicted molar refractivity (Wildman–Crippen MR) is 115 cm³/mol. The second-order valence-corrected chi connectivity index (χ2v) is 7.57. The van der Waals surface area contributed by atoms with Crippen LogP contribution in [-0.2, 0) is 27.4 Å². The van der Waals surface area contributed by atoms with Gasteiger partial charge in [-0.15, -0.1) is 0 Å². The maximum Gasteiger partial charge on any atom is 0.408 e. The molecule has 0 aromatic heterocycles. The first-order valence-corrected chi connectivity index (χ1v) is 10.0. The third-order valence-electron chi connectivity index (χ3n) is 4.70. The number of nitrogens with zero attached hydrogens (tertiary/aromatic N) is 1. The molecule has 10 nitrogen and oxygen atoms in total. The monoisotopic (exact) mass is 461 g/mol. The average Bonchev–Trinajstić information content (AvgIpc) is 2.76. The van der Waals surface area contributed by atoms with Crippen LogP contribution in [0.3, 0.4) is 0 Å². The number of aliphatic carboxylic acids is 1. The van der Waals surface area contributed by atoms with Gasteiger partial charge < -0.3 is 20.5 Å². The normalized spacial score (nSPS) is 12.5. The number of amides is 2. The van der Waals surface area contributed by atoms with Crippen LogP contribution in [0.5, 0.6) is 0 Å². The van der Waals surface area contributed by atoms with E-state index in [-0.39, 0.29) is 18.6 Å². The minimum atomic E-state index is -1.47. The van der Waals surface area contributed by atoms with E-state index in [1.54, 1.807) is 38.1 Å². The van der Waals surface area contributed by atoms with Gasteiger partial charge in [-0.2, -0.15) is 4.39 Å². The van der Waals surface area contributed by atoms with Crippen molar-refractivity contribution in [2.24, 2.45) is 5.92 Å². The van der Waals surface area contributed by atoms with Crippen molar-refractivity contribution in [2.45, 2.75) is 39.0 Å². The first-order chi connectivity index (χ1) is 15.6. The maximum absolute atomic E-state index is 13.5. The first-order valence-electron chi connectivity index (χ1n) is 10.0. The Balaban J connectivity index is 2.05. The summed E-state index contributed by atoms with van der Waals surface area (Å²) in [6.45, 7) is 3.29. The summed E-state index contributed by atoms with van der Waals surface area (Å²) in [6.07, 6.45) is -1.18. The van der Waals surface area contributed by atoms with Crippen LogP contribution in [0.25, 0.3) is 0 Å². The second kappa shape index (κ2) is 11.6. The Morgan fingerprint density at radius 2 is 1.76 bits per heavy atom. The zero-order chi connectivity index (χ0) is 24.5. The Morgan fingerprint density at radius 1 is 1.09 bits per heavy atom. The largest absolute Gasteiger partial charge is 0.480 e. The number of carbonyl (C=O) groups is 3. The number of nitro benzene ring substituents is 1. The lowest BCUT2D eigenvalue weighted by Gasteiger charge is -2.24. The highest BCUT2D eigenvalue weighted by atomic mass is 19.1. The van der Waals surface area contributed by atoms with Crippen LogP contribution >= 0.6 is 0 Å². The summed E-state index contributed by atoms with van der Waals surface area (Å²) in [5.41, 5.74) is 0.0931. The number of nitrogens with one attached hydrogen (secondary N) is 2. The molecular weight excluding hydrogens is 437 g/mol. The van der Waals surface area contributed by atoms with Crippen LogP contribution < -0.4 is 10.6 Å². The van der Waals surface area contributed by atoms with E-state index in [1.165, 1.54) is 6.07 Å². The standard InChI is InChI=1S/C22H24FN3O7/c1-13(2)19(25-22(30)33-12-14-6-4-3-5-7-14)20(27)24-17(21(28)29)10-15-8-9-16(23)18(11-15)26(31)32/h3-9,11,13,17,19H,10,12H2,1-2H3,(H,24,27)(H,25,30)(H,28,29)/t17-,19-/m0/s1. The van der Waals surface area contributed by atoms with E-state index in [0.717, 1.165) is 17.7 Å². The van der Waals surface area contributed by atoms with Crippen molar-refractivity contribution in [1.29, 1.82) is 0 Å².